The van der Waals surface area contributed by atoms with Crippen molar-refractivity contribution < 1.29 is 10.2 Å². The van der Waals surface area contributed by atoms with Crippen molar-refractivity contribution in [2.45, 2.75) is 0 Å². The van der Waals surface area contributed by atoms with Crippen LogP contribution in [0.15, 0.2) is 57.1 Å². The van der Waals surface area contributed by atoms with Crippen LogP contribution < -0.4 is 0 Å². The lowest BCUT2D eigenvalue weighted by atomic mass is 10.2. The normalized spacial score (nSPS) is 11.8. The van der Waals surface area contributed by atoms with Gasteiger partial charge in [-0.1, -0.05) is 0 Å². The van der Waals surface area contributed by atoms with Crippen LogP contribution in [0.25, 0.3) is 0 Å². The summed E-state index contributed by atoms with van der Waals surface area (Å²) in [6.45, 7) is 0. The molecule has 0 atom stereocenters. The van der Waals surface area contributed by atoms with E-state index in [0.717, 1.165) is 0 Å². The number of azo groups is 2. The minimum atomic E-state index is -0.327. The highest BCUT2D eigenvalue weighted by Gasteiger charge is 2.12. The Hall–Kier alpha value is -3.56. The third kappa shape index (κ3) is 2.97. The standard InChI is InChI=1S/C14H14N8O2/c1-21-11(5-7-15-21)18-17-9-3-4-10(23)13(14(9)24)20-19-12-6-8-16-22(12)2/h3-8,23-24H,1-2H3/b18-17+,20-19+. The molecule has 0 bridgehead atoms. The topological polar surface area (TPSA) is 126 Å². The van der Waals surface area contributed by atoms with E-state index in [1.165, 1.54) is 21.5 Å². The molecule has 2 heterocycles. The van der Waals surface area contributed by atoms with E-state index in [1.54, 1.807) is 38.6 Å². The van der Waals surface area contributed by atoms with Gasteiger partial charge in [-0.15, -0.1) is 20.5 Å². The number of rotatable bonds is 4. The van der Waals surface area contributed by atoms with Crippen molar-refractivity contribution in [1.29, 1.82) is 0 Å². The average Bonchev–Trinajstić information content (AvgIpc) is 3.15. The van der Waals surface area contributed by atoms with E-state index in [9.17, 15) is 10.2 Å². The first-order chi connectivity index (χ1) is 11.6. The summed E-state index contributed by atoms with van der Waals surface area (Å²) in [7, 11) is 3.42. The molecule has 3 aromatic rings. The van der Waals surface area contributed by atoms with Crippen molar-refractivity contribution in [2.75, 3.05) is 0 Å². The van der Waals surface area contributed by atoms with Gasteiger partial charge in [0.15, 0.2) is 23.1 Å². The van der Waals surface area contributed by atoms with Crippen molar-refractivity contribution in [3.63, 3.8) is 0 Å². The Labute approximate surface area is 136 Å². The molecule has 10 nitrogen and oxygen atoms in total. The van der Waals surface area contributed by atoms with E-state index in [-0.39, 0.29) is 22.9 Å². The molecular weight excluding hydrogens is 312 g/mol. The second-order valence-corrected chi connectivity index (χ2v) is 4.83. The van der Waals surface area contributed by atoms with Gasteiger partial charge in [0, 0.05) is 26.2 Å². The summed E-state index contributed by atoms with van der Waals surface area (Å²) in [6.07, 6.45) is 3.14. The predicted octanol–water partition coefficient (Wildman–Crippen LogP) is 3.40. The molecule has 2 aromatic heterocycles. The van der Waals surface area contributed by atoms with Crippen LogP contribution >= 0.6 is 0 Å². The first-order valence-electron chi connectivity index (χ1n) is 6.90. The second-order valence-electron chi connectivity index (χ2n) is 4.83. The monoisotopic (exact) mass is 326 g/mol. The zero-order valence-electron chi connectivity index (χ0n) is 12.9. The molecule has 10 heteroatoms. The van der Waals surface area contributed by atoms with E-state index in [4.69, 9.17) is 0 Å². The molecule has 0 aliphatic carbocycles. The van der Waals surface area contributed by atoms with Gasteiger partial charge in [-0.3, -0.25) is 0 Å². The van der Waals surface area contributed by atoms with Crippen molar-refractivity contribution in [2.24, 2.45) is 34.6 Å². The molecule has 1 aromatic carbocycles. The smallest absolute Gasteiger partial charge is 0.174 e. The van der Waals surface area contributed by atoms with Crippen molar-refractivity contribution in [3.8, 4) is 11.5 Å². The number of hydrogen-bond donors (Lipinski definition) is 2. The highest BCUT2D eigenvalue weighted by Crippen LogP contribution is 2.43. The fourth-order valence-electron chi connectivity index (χ4n) is 1.87. The van der Waals surface area contributed by atoms with E-state index >= 15 is 0 Å². The Balaban J connectivity index is 1.93. The van der Waals surface area contributed by atoms with Crippen LogP contribution in [0.1, 0.15) is 0 Å². The molecule has 0 fully saturated rings. The molecule has 122 valence electrons. The maximum atomic E-state index is 10.3. The lowest BCUT2D eigenvalue weighted by Crippen LogP contribution is -1.87. The maximum absolute atomic E-state index is 10.3. The SMILES string of the molecule is Cn1nccc1/N=N/c1ccc(O)c(/N=N/c2ccnn2C)c1O. The molecule has 0 saturated heterocycles. The van der Waals surface area contributed by atoms with E-state index in [1.807, 2.05) is 0 Å². The highest BCUT2D eigenvalue weighted by molar-refractivity contribution is 5.71. The molecule has 0 aliphatic rings. The Kier molecular flexibility index (Phi) is 4.01. The molecule has 0 saturated carbocycles. The number of benzene rings is 1. The molecular formula is C14H14N8O2. The molecule has 0 aliphatic heterocycles. The highest BCUT2D eigenvalue weighted by atomic mass is 16.3. The third-order valence-electron chi connectivity index (χ3n) is 3.21. The number of phenolic OH excluding ortho intramolecular Hbond substituents is 2. The summed E-state index contributed by atoms with van der Waals surface area (Å²) >= 11 is 0. The molecule has 0 amide bonds. The van der Waals surface area contributed by atoms with Gasteiger partial charge in [0.05, 0.1) is 12.4 Å². The summed E-state index contributed by atoms with van der Waals surface area (Å²) in [6, 6.07) is 6.09. The van der Waals surface area contributed by atoms with E-state index in [0.29, 0.717) is 11.6 Å². The Morgan fingerprint density at radius 3 is 1.92 bits per heavy atom. The molecule has 2 N–H and O–H groups in total. The zero-order valence-corrected chi connectivity index (χ0v) is 12.9. The first-order valence-corrected chi connectivity index (χ1v) is 6.90. The fourth-order valence-corrected chi connectivity index (χ4v) is 1.87. The van der Waals surface area contributed by atoms with Gasteiger partial charge in [0.2, 0.25) is 0 Å². The molecule has 3 rings (SSSR count). The summed E-state index contributed by atoms with van der Waals surface area (Å²) < 4.78 is 3.04. The zero-order chi connectivity index (χ0) is 17.1. The summed E-state index contributed by atoms with van der Waals surface area (Å²) in [5.41, 5.74) is 0.0469. The number of phenols is 2. The number of aryl methyl sites for hydroxylation is 2. The lowest BCUT2D eigenvalue weighted by Gasteiger charge is -2.03. The Bertz CT molecular complexity index is 925. The second kappa shape index (κ2) is 6.28. The van der Waals surface area contributed by atoms with Crippen molar-refractivity contribution >= 4 is 23.0 Å². The average molecular weight is 326 g/mol. The largest absolute Gasteiger partial charge is 0.505 e. The Morgan fingerprint density at radius 1 is 0.792 bits per heavy atom. The van der Waals surface area contributed by atoms with Crippen LogP contribution in [-0.2, 0) is 14.1 Å². The van der Waals surface area contributed by atoms with Crippen molar-refractivity contribution in [1.82, 2.24) is 19.6 Å². The number of aromatic hydroxyl groups is 2. The molecule has 24 heavy (non-hydrogen) atoms. The van der Waals surface area contributed by atoms with E-state index < -0.39 is 0 Å². The lowest BCUT2D eigenvalue weighted by molar-refractivity contribution is 0.453. The van der Waals surface area contributed by atoms with Crippen LogP contribution in [0.3, 0.4) is 0 Å². The summed E-state index contributed by atoms with van der Waals surface area (Å²) in [5.74, 6) is 0.431. The quantitative estimate of drug-likeness (QED) is 0.712. The van der Waals surface area contributed by atoms with Crippen LogP contribution in [0.2, 0.25) is 0 Å². The molecule has 0 spiro atoms. The van der Waals surface area contributed by atoms with Gasteiger partial charge >= 0.3 is 0 Å². The van der Waals surface area contributed by atoms with Crippen LogP contribution in [-0.4, -0.2) is 29.8 Å². The van der Waals surface area contributed by atoms with Crippen LogP contribution in [0.4, 0.5) is 23.0 Å². The number of nitrogens with zero attached hydrogens (tertiary/aromatic N) is 8. The van der Waals surface area contributed by atoms with Gasteiger partial charge in [0.1, 0.15) is 11.4 Å². The minimum Gasteiger partial charge on any atom is -0.505 e. The van der Waals surface area contributed by atoms with Gasteiger partial charge in [-0.2, -0.15) is 10.2 Å². The van der Waals surface area contributed by atoms with Gasteiger partial charge < -0.3 is 10.2 Å². The molecule has 0 radical (unpaired) electrons. The maximum Gasteiger partial charge on any atom is 0.174 e. The number of aromatic nitrogens is 4. The molecule has 0 unspecified atom stereocenters. The van der Waals surface area contributed by atoms with Gasteiger partial charge in [-0.05, 0) is 12.1 Å². The number of hydrogen-bond acceptors (Lipinski definition) is 8. The predicted molar refractivity (Wildman–Crippen MR) is 84.5 cm³/mol. The fraction of sp³-hybridized carbons (Fsp3) is 0.143. The minimum absolute atomic E-state index is 0.0994. The first kappa shape index (κ1) is 15.3. The van der Waals surface area contributed by atoms with Gasteiger partial charge in [0.25, 0.3) is 0 Å². The summed E-state index contributed by atoms with van der Waals surface area (Å²) in [5, 5.41) is 43.8. The van der Waals surface area contributed by atoms with E-state index in [2.05, 4.69) is 30.7 Å². The van der Waals surface area contributed by atoms with Crippen LogP contribution in [0.5, 0.6) is 11.5 Å². The Morgan fingerprint density at radius 2 is 1.38 bits per heavy atom. The third-order valence-corrected chi connectivity index (χ3v) is 3.21. The van der Waals surface area contributed by atoms with Crippen molar-refractivity contribution in [3.05, 3.63) is 36.7 Å². The summed E-state index contributed by atoms with van der Waals surface area (Å²) in [4.78, 5) is 0. The van der Waals surface area contributed by atoms with Crippen LogP contribution in [0, 0.1) is 0 Å². The van der Waals surface area contributed by atoms with Gasteiger partial charge in [-0.25, -0.2) is 9.36 Å².